The topological polar surface area (TPSA) is 49.3 Å². The maximum Gasteiger partial charge on any atom is 0.190 e. The van der Waals surface area contributed by atoms with Gasteiger partial charge in [-0.05, 0) is 25.2 Å². The van der Waals surface area contributed by atoms with Gasteiger partial charge in [0.25, 0.3) is 0 Å². The molecule has 0 unspecified atom stereocenters. The average molecular weight is 296 g/mol. The fourth-order valence-electron chi connectivity index (χ4n) is 1.87. The molecule has 0 aliphatic heterocycles. The number of aliphatic imine (C=N–C) groups is 1. The van der Waals surface area contributed by atoms with E-state index in [-0.39, 0.29) is 0 Å². The van der Waals surface area contributed by atoms with Gasteiger partial charge >= 0.3 is 0 Å². The van der Waals surface area contributed by atoms with Gasteiger partial charge in [0.05, 0.1) is 10.7 Å². The zero-order chi connectivity index (χ0) is 14.8. The van der Waals surface area contributed by atoms with Crippen molar-refractivity contribution in [1.82, 2.24) is 15.6 Å². The van der Waals surface area contributed by atoms with E-state index in [0.29, 0.717) is 0 Å². The lowest BCUT2D eigenvalue weighted by atomic mass is 10.1. The second kappa shape index (κ2) is 9.75. The molecule has 0 bridgehead atoms. The first kappa shape index (κ1) is 17.0. The number of thiazole rings is 1. The summed E-state index contributed by atoms with van der Waals surface area (Å²) in [5.74, 6) is 1.66. The number of hydrogen-bond acceptors (Lipinski definition) is 3. The average Bonchev–Trinajstić information content (AvgIpc) is 2.89. The minimum atomic E-state index is 0.768. The molecule has 20 heavy (non-hydrogen) atoms. The Morgan fingerprint density at radius 2 is 2.10 bits per heavy atom. The summed E-state index contributed by atoms with van der Waals surface area (Å²) in [7, 11) is 1.82. The molecule has 0 spiro atoms. The molecule has 5 heteroatoms. The summed E-state index contributed by atoms with van der Waals surface area (Å²) in [6.45, 7) is 8.51. The van der Waals surface area contributed by atoms with E-state index in [1.165, 1.54) is 23.5 Å². The number of hydrogen-bond donors (Lipinski definition) is 2. The first-order valence-corrected chi connectivity index (χ1v) is 8.41. The molecular weight excluding hydrogens is 268 g/mol. The van der Waals surface area contributed by atoms with Gasteiger partial charge in [0, 0.05) is 31.9 Å². The van der Waals surface area contributed by atoms with E-state index in [1.807, 2.05) is 7.05 Å². The monoisotopic (exact) mass is 296 g/mol. The minimum absolute atomic E-state index is 0.768. The Kier molecular flexibility index (Phi) is 8.26. The molecule has 2 N–H and O–H groups in total. The van der Waals surface area contributed by atoms with E-state index in [9.17, 15) is 0 Å². The van der Waals surface area contributed by atoms with Crippen LogP contribution in [0.1, 0.15) is 44.3 Å². The standard InChI is InChI=1S/C15H28N4S/c1-5-14-19-13(11-20-14)8-10-18-15(16-4)17-9-6-7-12(2)3/h11-12H,5-10H2,1-4H3,(H2,16,17,18). The van der Waals surface area contributed by atoms with Gasteiger partial charge in [-0.2, -0.15) is 0 Å². The molecule has 1 heterocycles. The highest BCUT2D eigenvalue weighted by atomic mass is 32.1. The van der Waals surface area contributed by atoms with Gasteiger partial charge in [0.2, 0.25) is 0 Å². The summed E-state index contributed by atoms with van der Waals surface area (Å²) in [5, 5.41) is 10.1. The first-order valence-electron chi connectivity index (χ1n) is 7.53. The van der Waals surface area contributed by atoms with Crippen LogP contribution in [0.4, 0.5) is 0 Å². The van der Waals surface area contributed by atoms with Crippen molar-refractivity contribution in [2.24, 2.45) is 10.9 Å². The molecule has 1 aromatic rings. The van der Waals surface area contributed by atoms with Crippen LogP contribution in [-0.4, -0.2) is 31.1 Å². The molecule has 0 amide bonds. The van der Waals surface area contributed by atoms with Gasteiger partial charge in [-0.15, -0.1) is 11.3 Å². The van der Waals surface area contributed by atoms with Crippen LogP contribution < -0.4 is 10.6 Å². The van der Waals surface area contributed by atoms with Crippen molar-refractivity contribution in [2.75, 3.05) is 20.1 Å². The van der Waals surface area contributed by atoms with Gasteiger partial charge in [-0.1, -0.05) is 20.8 Å². The van der Waals surface area contributed by atoms with Crippen LogP contribution in [0.25, 0.3) is 0 Å². The Balaban J connectivity index is 2.18. The third-order valence-corrected chi connectivity index (χ3v) is 4.09. The maximum atomic E-state index is 4.56. The SMILES string of the molecule is CCc1nc(CCNC(=NC)NCCCC(C)C)cs1. The highest BCUT2D eigenvalue weighted by molar-refractivity contribution is 7.09. The normalized spacial score (nSPS) is 11.9. The van der Waals surface area contributed by atoms with Crippen LogP contribution in [0.15, 0.2) is 10.4 Å². The summed E-state index contributed by atoms with van der Waals surface area (Å²) in [5.41, 5.74) is 1.18. The Morgan fingerprint density at radius 1 is 1.35 bits per heavy atom. The number of rotatable bonds is 8. The highest BCUT2D eigenvalue weighted by Gasteiger charge is 2.02. The zero-order valence-electron chi connectivity index (χ0n) is 13.2. The number of guanidine groups is 1. The molecule has 0 atom stereocenters. The molecule has 0 aliphatic rings. The lowest BCUT2D eigenvalue weighted by molar-refractivity contribution is 0.549. The lowest BCUT2D eigenvalue weighted by Crippen LogP contribution is -2.38. The third kappa shape index (κ3) is 6.89. The number of aryl methyl sites for hydroxylation is 1. The minimum Gasteiger partial charge on any atom is -0.356 e. The molecular formula is C15H28N4S. The van der Waals surface area contributed by atoms with Crippen molar-refractivity contribution in [3.8, 4) is 0 Å². The van der Waals surface area contributed by atoms with Crippen molar-refractivity contribution in [3.63, 3.8) is 0 Å². The molecule has 0 saturated heterocycles. The van der Waals surface area contributed by atoms with Gasteiger partial charge in [0.1, 0.15) is 0 Å². The van der Waals surface area contributed by atoms with E-state index in [1.54, 1.807) is 11.3 Å². The number of nitrogens with one attached hydrogen (secondary N) is 2. The van der Waals surface area contributed by atoms with E-state index in [2.05, 4.69) is 46.8 Å². The van der Waals surface area contributed by atoms with E-state index < -0.39 is 0 Å². The van der Waals surface area contributed by atoms with Crippen molar-refractivity contribution in [1.29, 1.82) is 0 Å². The van der Waals surface area contributed by atoms with Crippen LogP contribution in [0.5, 0.6) is 0 Å². The second-order valence-electron chi connectivity index (χ2n) is 5.30. The van der Waals surface area contributed by atoms with Crippen LogP contribution >= 0.6 is 11.3 Å². The van der Waals surface area contributed by atoms with Gasteiger partial charge < -0.3 is 10.6 Å². The van der Waals surface area contributed by atoms with Crippen molar-refractivity contribution in [2.45, 2.75) is 46.5 Å². The van der Waals surface area contributed by atoms with E-state index in [0.717, 1.165) is 37.8 Å². The van der Waals surface area contributed by atoms with Gasteiger partial charge in [0.15, 0.2) is 5.96 Å². The summed E-state index contributed by atoms with van der Waals surface area (Å²) < 4.78 is 0. The van der Waals surface area contributed by atoms with Crippen molar-refractivity contribution in [3.05, 3.63) is 16.1 Å². The van der Waals surface area contributed by atoms with Gasteiger partial charge in [-0.25, -0.2) is 4.98 Å². The Bertz CT molecular complexity index is 398. The maximum absolute atomic E-state index is 4.56. The fourth-order valence-corrected chi connectivity index (χ4v) is 2.65. The molecule has 1 aromatic heterocycles. The van der Waals surface area contributed by atoms with Crippen molar-refractivity contribution < 1.29 is 0 Å². The summed E-state index contributed by atoms with van der Waals surface area (Å²) in [6, 6.07) is 0. The molecule has 0 radical (unpaired) electrons. The summed E-state index contributed by atoms with van der Waals surface area (Å²) in [4.78, 5) is 8.80. The highest BCUT2D eigenvalue weighted by Crippen LogP contribution is 2.10. The van der Waals surface area contributed by atoms with Gasteiger partial charge in [-0.3, -0.25) is 4.99 Å². The second-order valence-corrected chi connectivity index (χ2v) is 6.24. The van der Waals surface area contributed by atoms with Crippen molar-refractivity contribution >= 4 is 17.3 Å². The number of nitrogens with zero attached hydrogens (tertiary/aromatic N) is 2. The quantitative estimate of drug-likeness (QED) is 0.440. The third-order valence-electron chi connectivity index (χ3n) is 3.05. The Morgan fingerprint density at radius 3 is 2.70 bits per heavy atom. The predicted molar refractivity (Wildman–Crippen MR) is 88.6 cm³/mol. The van der Waals surface area contributed by atoms with Crippen LogP contribution in [0.3, 0.4) is 0 Å². The molecule has 0 aliphatic carbocycles. The Hall–Kier alpha value is -1.10. The molecule has 114 valence electrons. The zero-order valence-corrected chi connectivity index (χ0v) is 14.0. The number of aromatic nitrogens is 1. The molecule has 0 fully saturated rings. The first-order chi connectivity index (χ1) is 9.65. The smallest absolute Gasteiger partial charge is 0.190 e. The largest absolute Gasteiger partial charge is 0.356 e. The predicted octanol–water partition coefficient (Wildman–Crippen LogP) is 2.85. The van der Waals surface area contributed by atoms with Crippen LogP contribution in [0.2, 0.25) is 0 Å². The molecule has 0 aromatic carbocycles. The van der Waals surface area contributed by atoms with E-state index >= 15 is 0 Å². The van der Waals surface area contributed by atoms with Crippen LogP contribution in [0, 0.1) is 5.92 Å². The summed E-state index contributed by atoms with van der Waals surface area (Å²) >= 11 is 1.75. The Labute approximate surface area is 127 Å². The molecule has 1 rings (SSSR count). The molecule has 4 nitrogen and oxygen atoms in total. The fraction of sp³-hybridized carbons (Fsp3) is 0.733. The molecule has 0 saturated carbocycles. The summed E-state index contributed by atoms with van der Waals surface area (Å²) in [6.07, 6.45) is 4.41. The van der Waals surface area contributed by atoms with E-state index in [4.69, 9.17) is 0 Å². The van der Waals surface area contributed by atoms with Crippen LogP contribution in [-0.2, 0) is 12.8 Å². The lowest BCUT2D eigenvalue weighted by Gasteiger charge is -2.11.